The second-order valence-electron chi connectivity index (χ2n) is 4.46. The molecule has 1 fully saturated rings. The summed E-state index contributed by atoms with van der Waals surface area (Å²) in [4.78, 5) is 10.9. The Morgan fingerprint density at radius 1 is 1.38 bits per heavy atom. The molecule has 1 aliphatic rings. The highest BCUT2D eigenvalue weighted by molar-refractivity contribution is 5.69. The molecule has 1 N–H and O–H groups in total. The van der Waals surface area contributed by atoms with Crippen molar-refractivity contribution in [1.29, 1.82) is 0 Å². The van der Waals surface area contributed by atoms with Crippen LogP contribution in [0.4, 0.5) is 0 Å². The van der Waals surface area contributed by atoms with Crippen molar-refractivity contribution in [2.75, 3.05) is 0 Å². The second kappa shape index (κ2) is 4.64. The van der Waals surface area contributed by atoms with Crippen LogP contribution in [0.5, 0.6) is 0 Å². The van der Waals surface area contributed by atoms with Crippen molar-refractivity contribution in [1.82, 2.24) is 0 Å². The summed E-state index contributed by atoms with van der Waals surface area (Å²) in [7, 11) is 0. The summed E-state index contributed by atoms with van der Waals surface area (Å²) >= 11 is 0. The van der Waals surface area contributed by atoms with Gasteiger partial charge in [0.2, 0.25) is 0 Å². The molecule has 0 spiro atoms. The summed E-state index contributed by atoms with van der Waals surface area (Å²) in [6.45, 7) is 4.41. The second-order valence-corrected chi connectivity index (χ2v) is 4.46. The van der Waals surface area contributed by atoms with Crippen molar-refractivity contribution < 1.29 is 9.90 Å². The van der Waals surface area contributed by atoms with E-state index in [1.165, 1.54) is 6.42 Å². The van der Waals surface area contributed by atoms with Crippen LogP contribution in [0.15, 0.2) is 0 Å². The quantitative estimate of drug-likeness (QED) is 0.670. The van der Waals surface area contributed by atoms with Crippen molar-refractivity contribution in [2.45, 2.75) is 46.0 Å². The highest BCUT2D eigenvalue weighted by Gasteiger charge is 2.26. The maximum atomic E-state index is 10.9. The van der Waals surface area contributed by atoms with E-state index < -0.39 is 5.97 Å². The van der Waals surface area contributed by atoms with Gasteiger partial charge in [0.1, 0.15) is 0 Å². The van der Waals surface area contributed by atoms with Crippen molar-refractivity contribution in [3.8, 4) is 0 Å². The molecule has 0 aliphatic heterocycles. The van der Waals surface area contributed by atoms with E-state index in [1.54, 1.807) is 0 Å². The Balaban J connectivity index is 2.56. The van der Waals surface area contributed by atoms with E-state index in [9.17, 15) is 4.79 Å². The number of hydrogen-bond donors (Lipinski definition) is 1. The maximum absolute atomic E-state index is 10.9. The fourth-order valence-electron chi connectivity index (χ4n) is 2.35. The molecule has 1 aliphatic carbocycles. The molecule has 0 bridgehead atoms. The highest BCUT2D eigenvalue weighted by Crippen LogP contribution is 2.32. The highest BCUT2D eigenvalue weighted by atomic mass is 16.4. The van der Waals surface area contributed by atoms with Crippen LogP contribution in [-0.4, -0.2) is 11.1 Å². The Kier molecular flexibility index (Phi) is 3.76. The third kappa shape index (κ3) is 3.02. The molecule has 76 valence electrons. The van der Waals surface area contributed by atoms with Crippen molar-refractivity contribution in [2.24, 2.45) is 17.8 Å². The van der Waals surface area contributed by atoms with E-state index in [2.05, 4.69) is 13.8 Å². The standard InChI is InChI=1S/C11H20O2/c1-3-9-6-8(2)4-5-10(7-9)11(12)13/h8-10H,3-7H2,1-2H3,(H,12,13). The van der Waals surface area contributed by atoms with Crippen LogP contribution in [0.25, 0.3) is 0 Å². The van der Waals surface area contributed by atoms with Gasteiger partial charge in [-0.2, -0.15) is 0 Å². The summed E-state index contributed by atoms with van der Waals surface area (Å²) in [5.41, 5.74) is 0. The molecule has 2 heteroatoms. The van der Waals surface area contributed by atoms with Gasteiger partial charge in [0.05, 0.1) is 5.92 Å². The number of hydrogen-bond acceptors (Lipinski definition) is 1. The third-order valence-corrected chi connectivity index (χ3v) is 3.29. The zero-order valence-corrected chi connectivity index (χ0v) is 8.62. The first-order chi connectivity index (χ1) is 6.13. The minimum Gasteiger partial charge on any atom is -0.481 e. The van der Waals surface area contributed by atoms with Gasteiger partial charge < -0.3 is 5.11 Å². The number of carboxylic acids is 1. The third-order valence-electron chi connectivity index (χ3n) is 3.29. The Labute approximate surface area is 80.3 Å². The lowest BCUT2D eigenvalue weighted by Crippen LogP contribution is -2.15. The molecule has 0 aromatic carbocycles. The summed E-state index contributed by atoms with van der Waals surface area (Å²) in [5.74, 6) is 0.690. The van der Waals surface area contributed by atoms with Crippen LogP contribution in [0, 0.1) is 17.8 Å². The lowest BCUT2D eigenvalue weighted by Gasteiger charge is -2.15. The Morgan fingerprint density at radius 2 is 2.08 bits per heavy atom. The zero-order valence-electron chi connectivity index (χ0n) is 8.62. The fraction of sp³-hybridized carbons (Fsp3) is 0.909. The predicted molar refractivity (Wildman–Crippen MR) is 52.5 cm³/mol. The van der Waals surface area contributed by atoms with E-state index in [0.29, 0.717) is 11.8 Å². The van der Waals surface area contributed by atoms with Crippen LogP contribution in [0.1, 0.15) is 46.0 Å². The van der Waals surface area contributed by atoms with Crippen molar-refractivity contribution in [3.63, 3.8) is 0 Å². The van der Waals surface area contributed by atoms with Gasteiger partial charge in [0.15, 0.2) is 0 Å². The molecule has 0 heterocycles. The average molecular weight is 184 g/mol. The molecule has 0 aromatic heterocycles. The Morgan fingerprint density at radius 3 is 2.62 bits per heavy atom. The smallest absolute Gasteiger partial charge is 0.306 e. The lowest BCUT2D eigenvalue weighted by molar-refractivity contribution is -0.142. The number of aliphatic carboxylic acids is 1. The van der Waals surface area contributed by atoms with E-state index in [4.69, 9.17) is 5.11 Å². The van der Waals surface area contributed by atoms with Crippen LogP contribution in [0.3, 0.4) is 0 Å². The minimum atomic E-state index is -0.590. The molecular weight excluding hydrogens is 164 g/mol. The lowest BCUT2D eigenvalue weighted by atomic mass is 9.90. The summed E-state index contributed by atoms with van der Waals surface area (Å²) in [6.07, 6.45) is 5.23. The summed E-state index contributed by atoms with van der Waals surface area (Å²) in [6, 6.07) is 0. The van der Waals surface area contributed by atoms with E-state index in [1.807, 2.05) is 0 Å². The van der Waals surface area contributed by atoms with E-state index >= 15 is 0 Å². The molecular formula is C11H20O2. The predicted octanol–water partition coefficient (Wildman–Crippen LogP) is 2.92. The molecule has 3 atom stereocenters. The van der Waals surface area contributed by atoms with E-state index in [0.717, 1.165) is 25.7 Å². The average Bonchev–Trinajstić information content (AvgIpc) is 2.26. The minimum absolute atomic E-state index is 0.0742. The summed E-state index contributed by atoms with van der Waals surface area (Å²) in [5, 5.41) is 8.96. The van der Waals surface area contributed by atoms with Crippen LogP contribution >= 0.6 is 0 Å². The SMILES string of the molecule is CCC1CC(C)CCC(C(=O)O)C1. The van der Waals surface area contributed by atoms with Crippen molar-refractivity contribution >= 4 is 5.97 Å². The Bertz CT molecular complexity index is 177. The fourth-order valence-corrected chi connectivity index (χ4v) is 2.35. The molecule has 3 unspecified atom stereocenters. The molecule has 0 saturated heterocycles. The van der Waals surface area contributed by atoms with Gasteiger partial charge in [-0.15, -0.1) is 0 Å². The molecule has 2 nitrogen and oxygen atoms in total. The van der Waals surface area contributed by atoms with Gasteiger partial charge in [0.25, 0.3) is 0 Å². The van der Waals surface area contributed by atoms with E-state index in [-0.39, 0.29) is 5.92 Å². The molecule has 0 aromatic rings. The van der Waals surface area contributed by atoms with Crippen LogP contribution < -0.4 is 0 Å². The van der Waals surface area contributed by atoms with Gasteiger partial charge in [-0.25, -0.2) is 0 Å². The summed E-state index contributed by atoms with van der Waals surface area (Å²) < 4.78 is 0. The molecule has 0 radical (unpaired) electrons. The molecule has 0 amide bonds. The first kappa shape index (κ1) is 10.6. The van der Waals surface area contributed by atoms with Gasteiger partial charge >= 0.3 is 5.97 Å². The number of carboxylic acid groups (broad SMARTS) is 1. The normalized spacial score (nSPS) is 35.4. The first-order valence-corrected chi connectivity index (χ1v) is 5.36. The molecule has 13 heavy (non-hydrogen) atoms. The number of rotatable bonds is 2. The Hall–Kier alpha value is -0.530. The van der Waals surface area contributed by atoms with Crippen LogP contribution in [0.2, 0.25) is 0 Å². The monoisotopic (exact) mass is 184 g/mol. The van der Waals surface area contributed by atoms with Crippen molar-refractivity contribution in [3.05, 3.63) is 0 Å². The van der Waals surface area contributed by atoms with Crippen LogP contribution in [-0.2, 0) is 4.79 Å². The van der Waals surface area contributed by atoms with Gasteiger partial charge in [-0.05, 0) is 37.5 Å². The molecule has 1 rings (SSSR count). The van der Waals surface area contributed by atoms with Gasteiger partial charge in [0, 0.05) is 0 Å². The first-order valence-electron chi connectivity index (χ1n) is 5.36. The number of carbonyl (C=O) groups is 1. The van der Waals surface area contributed by atoms with Gasteiger partial charge in [-0.3, -0.25) is 4.79 Å². The molecule has 1 saturated carbocycles. The largest absolute Gasteiger partial charge is 0.481 e. The van der Waals surface area contributed by atoms with Gasteiger partial charge in [-0.1, -0.05) is 20.3 Å². The topological polar surface area (TPSA) is 37.3 Å². The maximum Gasteiger partial charge on any atom is 0.306 e. The zero-order chi connectivity index (χ0) is 9.84.